The fourth-order valence-electron chi connectivity index (χ4n) is 9.56. The molecular formula is C37H65NO3. The van der Waals surface area contributed by atoms with Gasteiger partial charge in [-0.3, -0.25) is 0 Å². The number of hydrogen-bond donors (Lipinski definition) is 1. The fraction of sp³-hybridized carbons (Fsp3) is 0.919. The molecule has 3 saturated carbocycles. The topological polar surface area (TPSA) is 47.6 Å². The molecule has 1 N–H and O–H groups in total. The smallest absolute Gasteiger partial charge is 0.407 e. The molecule has 4 nitrogen and oxygen atoms in total. The predicted octanol–water partition coefficient (Wildman–Crippen LogP) is 10.1. The van der Waals surface area contributed by atoms with Crippen LogP contribution in [-0.4, -0.2) is 30.9 Å². The van der Waals surface area contributed by atoms with Gasteiger partial charge in [0.2, 0.25) is 0 Å². The number of amides is 1. The third kappa shape index (κ3) is 7.93. The van der Waals surface area contributed by atoms with Crippen LogP contribution < -0.4 is 5.32 Å². The van der Waals surface area contributed by atoms with Gasteiger partial charge in [0.15, 0.2) is 0 Å². The Balaban J connectivity index is 1.26. The van der Waals surface area contributed by atoms with E-state index in [4.69, 9.17) is 9.47 Å². The number of fused-ring (bicyclic) bond motifs is 5. The lowest BCUT2D eigenvalue weighted by Gasteiger charge is -2.58. The molecular weight excluding hydrogens is 506 g/mol. The molecule has 1 amide bonds. The Kier molecular flexibility index (Phi) is 11.0. The summed E-state index contributed by atoms with van der Waals surface area (Å²) in [6, 6.07) is 0. The van der Waals surface area contributed by atoms with Crippen LogP contribution in [0.5, 0.6) is 0 Å². The van der Waals surface area contributed by atoms with E-state index >= 15 is 0 Å². The van der Waals surface area contributed by atoms with E-state index in [0.717, 1.165) is 68.3 Å². The number of unbranched alkanes of at least 4 members (excludes halogenated alkanes) is 1. The van der Waals surface area contributed by atoms with Crippen molar-refractivity contribution in [3.05, 3.63) is 11.6 Å². The van der Waals surface area contributed by atoms with Gasteiger partial charge in [-0.2, -0.15) is 0 Å². The zero-order chi connectivity index (χ0) is 29.8. The number of nitrogens with one attached hydrogen (secondary N) is 1. The first-order chi connectivity index (χ1) is 19.3. The molecule has 0 radical (unpaired) electrons. The summed E-state index contributed by atoms with van der Waals surface area (Å²) in [4.78, 5) is 12.7. The summed E-state index contributed by atoms with van der Waals surface area (Å²) in [5.41, 5.74) is 2.22. The van der Waals surface area contributed by atoms with Crippen molar-refractivity contribution in [3.63, 3.8) is 0 Å². The van der Waals surface area contributed by atoms with Crippen molar-refractivity contribution < 1.29 is 14.3 Å². The molecule has 4 rings (SSSR count). The largest absolute Gasteiger partial charge is 0.446 e. The maximum Gasteiger partial charge on any atom is 0.407 e. The Bertz CT molecular complexity index is 893. The average molecular weight is 572 g/mol. The molecule has 7 atom stereocenters. The second-order valence-corrected chi connectivity index (χ2v) is 16.5. The number of allylic oxidation sites excluding steroid dienone is 1. The van der Waals surface area contributed by atoms with Crippen LogP contribution in [0, 0.1) is 46.3 Å². The molecule has 41 heavy (non-hydrogen) atoms. The lowest BCUT2D eigenvalue weighted by atomic mass is 9.47. The molecule has 1 unspecified atom stereocenters. The van der Waals surface area contributed by atoms with E-state index < -0.39 is 0 Å². The van der Waals surface area contributed by atoms with E-state index in [1.807, 2.05) is 0 Å². The summed E-state index contributed by atoms with van der Waals surface area (Å²) in [6.07, 6.45) is 20.0. The number of alkyl carbamates (subject to hydrolysis) is 1. The number of carbonyl (C=O) groups is 1. The van der Waals surface area contributed by atoms with Crippen LogP contribution in [0.15, 0.2) is 11.6 Å². The van der Waals surface area contributed by atoms with Crippen molar-refractivity contribution in [1.82, 2.24) is 5.32 Å². The Morgan fingerprint density at radius 1 is 1.00 bits per heavy atom. The molecule has 4 aliphatic rings. The van der Waals surface area contributed by atoms with Gasteiger partial charge in [0.1, 0.15) is 6.10 Å². The molecule has 0 heterocycles. The van der Waals surface area contributed by atoms with Crippen molar-refractivity contribution in [2.75, 3.05) is 13.2 Å². The van der Waals surface area contributed by atoms with Crippen LogP contribution in [0.1, 0.15) is 145 Å². The third-order valence-corrected chi connectivity index (χ3v) is 12.3. The molecule has 4 aliphatic carbocycles. The second kappa shape index (κ2) is 13.7. The van der Waals surface area contributed by atoms with Crippen LogP contribution >= 0.6 is 0 Å². The maximum atomic E-state index is 12.7. The van der Waals surface area contributed by atoms with Gasteiger partial charge >= 0.3 is 6.09 Å². The van der Waals surface area contributed by atoms with Gasteiger partial charge in [0.05, 0.1) is 5.60 Å². The molecule has 0 aromatic rings. The standard InChI is InChI=1S/C37H65NO3/c1-26(2)11-9-10-12-28-14-16-32-31-15-13-29-25-30(17-20-37(29,8)33(31)18-21-36(28,32)7)41-34(39)38-23-22-35(5,6)40-24-19-27(3)4/h13,26-28,30-33H,9-12,14-25H2,1-8H3,(H,38,39)/t28-,30-,31?,32-,33-,36+,37-/m0/s1. The van der Waals surface area contributed by atoms with Crippen molar-refractivity contribution in [1.29, 1.82) is 0 Å². The molecule has 0 saturated heterocycles. The Hall–Kier alpha value is -1.03. The highest BCUT2D eigenvalue weighted by atomic mass is 16.6. The number of hydrogen-bond acceptors (Lipinski definition) is 3. The van der Waals surface area contributed by atoms with Gasteiger partial charge in [0, 0.05) is 19.6 Å². The Morgan fingerprint density at radius 3 is 2.49 bits per heavy atom. The minimum absolute atomic E-state index is 0.0109. The quantitative estimate of drug-likeness (QED) is 0.177. The first-order valence-corrected chi connectivity index (χ1v) is 17.6. The summed E-state index contributed by atoms with van der Waals surface area (Å²) >= 11 is 0. The van der Waals surface area contributed by atoms with E-state index in [-0.39, 0.29) is 17.8 Å². The monoisotopic (exact) mass is 571 g/mol. The summed E-state index contributed by atoms with van der Waals surface area (Å²) in [6.45, 7) is 20.0. The van der Waals surface area contributed by atoms with E-state index in [2.05, 4.69) is 66.8 Å². The Labute approximate surface area is 253 Å². The van der Waals surface area contributed by atoms with E-state index in [0.29, 0.717) is 23.3 Å². The van der Waals surface area contributed by atoms with Crippen molar-refractivity contribution >= 4 is 6.09 Å². The van der Waals surface area contributed by atoms with Gasteiger partial charge in [-0.15, -0.1) is 0 Å². The van der Waals surface area contributed by atoms with Crippen LogP contribution in [0.2, 0.25) is 0 Å². The lowest BCUT2D eigenvalue weighted by Crippen LogP contribution is -2.50. The maximum absolute atomic E-state index is 12.7. The van der Waals surface area contributed by atoms with Crippen molar-refractivity contribution in [2.45, 2.75) is 157 Å². The zero-order valence-corrected chi connectivity index (χ0v) is 28.2. The van der Waals surface area contributed by atoms with Crippen molar-refractivity contribution in [3.8, 4) is 0 Å². The third-order valence-electron chi connectivity index (χ3n) is 12.3. The van der Waals surface area contributed by atoms with Crippen molar-refractivity contribution in [2.24, 2.45) is 46.3 Å². The number of carbonyl (C=O) groups excluding carboxylic acids is 1. The van der Waals surface area contributed by atoms with Gasteiger partial charge < -0.3 is 14.8 Å². The minimum Gasteiger partial charge on any atom is -0.446 e. The first-order valence-electron chi connectivity index (χ1n) is 17.6. The molecule has 0 spiro atoms. The lowest BCUT2D eigenvalue weighted by molar-refractivity contribution is -0.0521. The molecule has 0 aromatic heterocycles. The van der Waals surface area contributed by atoms with Gasteiger partial charge in [-0.25, -0.2) is 4.79 Å². The number of ether oxygens (including phenoxy) is 2. The summed E-state index contributed by atoms with van der Waals surface area (Å²) < 4.78 is 12.0. The van der Waals surface area contributed by atoms with Crippen LogP contribution in [0.3, 0.4) is 0 Å². The molecule has 3 fully saturated rings. The van der Waals surface area contributed by atoms with E-state index in [1.54, 1.807) is 5.57 Å². The number of rotatable bonds is 13. The van der Waals surface area contributed by atoms with Gasteiger partial charge in [0.25, 0.3) is 0 Å². The summed E-state index contributed by atoms with van der Waals surface area (Å²) in [7, 11) is 0. The second-order valence-electron chi connectivity index (χ2n) is 16.5. The molecule has 0 aromatic carbocycles. The first kappa shape index (κ1) is 32.9. The van der Waals surface area contributed by atoms with Crippen LogP contribution in [0.25, 0.3) is 0 Å². The molecule has 4 heteroatoms. The average Bonchev–Trinajstić information content (AvgIpc) is 3.22. The molecule has 236 valence electrons. The van der Waals surface area contributed by atoms with E-state index in [1.165, 1.54) is 57.8 Å². The van der Waals surface area contributed by atoms with Crippen LogP contribution in [0.4, 0.5) is 4.79 Å². The minimum atomic E-state index is -0.260. The Morgan fingerprint density at radius 2 is 1.76 bits per heavy atom. The molecule has 0 aliphatic heterocycles. The summed E-state index contributed by atoms with van der Waals surface area (Å²) in [5.74, 6) is 5.00. The highest BCUT2D eigenvalue weighted by Crippen LogP contribution is 2.66. The molecule has 0 bridgehead atoms. The SMILES string of the molecule is CC(C)CCCC[C@H]1CC[C@H]2C3CC=C4C[C@@H](OC(=O)NCCC(C)(C)OCCC(C)C)CC[C@]4(C)[C@H]3CC[C@]12C. The normalized spacial score (nSPS) is 35.1. The van der Waals surface area contributed by atoms with Crippen LogP contribution in [-0.2, 0) is 9.47 Å². The van der Waals surface area contributed by atoms with E-state index in [9.17, 15) is 4.79 Å². The predicted molar refractivity (Wildman–Crippen MR) is 171 cm³/mol. The highest BCUT2D eigenvalue weighted by Gasteiger charge is 2.58. The fourth-order valence-corrected chi connectivity index (χ4v) is 9.56. The van der Waals surface area contributed by atoms with Gasteiger partial charge in [-0.1, -0.05) is 72.5 Å². The van der Waals surface area contributed by atoms with Gasteiger partial charge in [-0.05, 0) is 124 Å². The summed E-state index contributed by atoms with van der Waals surface area (Å²) in [5, 5.41) is 3.01. The highest BCUT2D eigenvalue weighted by molar-refractivity contribution is 5.67. The zero-order valence-electron chi connectivity index (χ0n) is 28.2.